The van der Waals surface area contributed by atoms with Crippen molar-refractivity contribution in [3.63, 3.8) is 0 Å². The van der Waals surface area contributed by atoms with E-state index in [-0.39, 0.29) is 18.8 Å². The van der Waals surface area contributed by atoms with Crippen LogP contribution in [0.15, 0.2) is 82.1 Å². The number of carbonyl (C=O) groups is 1. The van der Waals surface area contributed by atoms with E-state index in [1.165, 1.54) is 11.3 Å². The van der Waals surface area contributed by atoms with Crippen LogP contribution in [-0.2, 0) is 9.53 Å². The van der Waals surface area contributed by atoms with E-state index in [2.05, 4.69) is 45.2 Å². The maximum atomic E-state index is 14.1. The maximum absolute atomic E-state index is 14.1. The number of carbonyl (C=O) groups excluding carboxylic acids is 1. The van der Waals surface area contributed by atoms with E-state index in [0.717, 1.165) is 23.8 Å². The Balaban J connectivity index is 1.75. The van der Waals surface area contributed by atoms with Gasteiger partial charge >= 0.3 is 5.97 Å². The highest BCUT2D eigenvalue weighted by Crippen LogP contribution is 2.36. The van der Waals surface area contributed by atoms with Crippen LogP contribution in [0.2, 0.25) is 0 Å². The summed E-state index contributed by atoms with van der Waals surface area (Å²) in [4.78, 5) is 33.1. The second-order valence-electron chi connectivity index (χ2n) is 9.19. The van der Waals surface area contributed by atoms with Crippen molar-refractivity contribution in [1.29, 1.82) is 5.26 Å². The quantitative estimate of drug-likeness (QED) is 0.165. The summed E-state index contributed by atoms with van der Waals surface area (Å²) in [7, 11) is 0. The Hall–Kier alpha value is -3.48. The van der Waals surface area contributed by atoms with Crippen molar-refractivity contribution >= 4 is 74.3 Å². The molecule has 0 bridgehead atoms. The van der Waals surface area contributed by atoms with Crippen LogP contribution in [0.4, 0.5) is 0 Å². The number of ether oxygens (including phenoxy) is 3. The van der Waals surface area contributed by atoms with Crippen LogP contribution in [-0.4, -0.2) is 30.4 Å². The van der Waals surface area contributed by atoms with Gasteiger partial charge in [0.15, 0.2) is 11.4 Å². The number of nitrogens with zero attached hydrogens (tertiary/aromatic N) is 3. The summed E-state index contributed by atoms with van der Waals surface area (Å²) in [6.07, 6.45) is 1.81. The third kappa shape index (κ3) is 6.56. The Morgan fingerprint density at radius 1 is 1.05 bits per heavy atom. The molecule has 0 aliphatic carbocycles. The topological polar surface area (TPSA) is 103 Å². The summed E-state index contributed by atoms with van der Waals surface area (Å²) < 4.78 is 20.4. The van der Waals surface area contributed by atoms with Crippen LogP contribution >= 0.6 is 56.5 Å². The van der Waals surface area contributed by atoms with Crippen molar-refractivity contribution in [2.24, 2.45) is 4.99 Å². The Morgan fingerprint density at radius 2 is 1.74 bits per heavy atom. The summed E-state index contributed by atoms with van der Waals surface area (Å²) >= 11 is 5.58. The lowest BCUT2D eigenvalue weighted by atomic mass is 9.93. The van der Waals surface area contributed by atoms with Crippen molar-refractivity contribution in [3.8, 4) is 17.6 Å². The SMILES string of the molecule is CCOC(=O)C1=C(c2ccccc2)N=c2s/c(=C\c3cc(I)c(OCC#N)c(I)c3)c(=O)n2[C@H]1c1ccc(OCC)cc1. The second kappa shape index (κ2) is 13.9. The highest BCUT2D eigenvalue weighted by molar-refractivity contribution is 14.1. The predicted molar refractivity (Wildman–Crippen MR) is 182 cm³/mol. The molecule has 5 rings (SSSR count). The van der Waals surface area contributed by atoms with Gasteiger partial charge in [0, 0.05) is 5.56 Å². The van der Waals surface area contributed by atoms with Gasteiger partial charge in [-0.15, -0.1) is 0 Å². The van der Waals surface area contributed by atoms with E-state index in [4.69, 9.17) is 24.5 Å². The van der Waals surface area contributed by atoms with Crippen LogP contribution in [0.25, 0.3) is 11.8 Å². The normalized spacial score (nSPS) is 14.5. The molecule has 2 heterocycles. The van der Waals surface area contributed by atoms with Gasteiger partial charge in [-0.25, -0.2) is 9.79 Å². The van der Waals surface area contributed by atoms with Gasteiger partial charge in [-0.2, -0.15) is 5.26 Å². The Labute approximate surface area is 279 Å². The summed E-state index contributed by atoms with van der Waals surface area (Å²) in [6.45, 7) is 4.30. The van der Waals surface area contributed by atoms with Gasteiger partial charge < -0.3 is 14.2 Å². The van der Waals surface area contributed by atoms with Crippen LogP contribution in [0.1, 0.15) is 36.6 Å². The van der Waals surface area contributed by atoms with Gasteiger partial charge in [-0.3, -0.25) is 9.36 Å². The molecule has 3 aromatic carbocycles. The molecule has 0 unspecified atom stereocenters. The molecule has 218 valence electrons. The highest BCUT2D eigenvalue weighted by Gasteiger charge is 2.35. The van der Waals surface area contributed by atoms with Crippen LogP contribution in [0.3, 0.4) is 0 Å². The standard InChI is InChI=1S/C32H25I2N3O5S/c1-3-40-22-12-10-21(11-13-22)28-26(31(39)41-4-2)27(20-8-6-5-7-9-20)36-32-37(28)30(38)25(43-32)18-19-16-23(33)29(24(34)17-19)42-15-14-35/h5-13,16-18,28H,3-4,15H2,1-2H3/b25-18-/t28-/m0/s1. The molecule has 0 N–H and O–H groups in total. The zero-order valence-electron chi connectivity index (χ0n) is 23.2. The fourth-order valence-corrected chi connectivity index (χ4v) is 7.85. The zero-order chi connectivity index (χ0) is 30.5. The largest absolute Gasteiger partial charge is 0.494 e. The molecule has 1 aromatic heterocycles. The molecule has 0 radical (unpaired) electrons. The van der Waals surface area contributed by atoms with Crippen molar-refractivity contribution in [2.75, 3.05) is 19.8 Å². The number of fused-ring (bicyclic) bond motifs is 1. The maximum Gasteiger partial charge on any atom is 0.338 e. The number of halogens is 2. The van der Waals surface area contributed by atoms with Crippen LogP contribution in [0.5, 0.6) is 11.5 Å². The Kier molecular flexibility index (Phi) is 9.99. The van der Waals surface area contributed by atoms with Gasteiger partial charge in [0.25, 0.3) is 5.56 Å². The molecule has 8 nitrogen and oxygen atoms in total. The Morgan fingerprint density at radius 3 is 2.37 bits per heavy atom. The van der Waals surface area contributed by atoms with Crippen molar-refractivity contribution in [2.45, 2.75) is 19.9 Å². The summed E-state index contributed by atoms with van der Waals surface area (Å²) in [5.41, 5.74) is 2.76. The third-order valence-electron chi connectivity index (χ3n) is 6.48. The van der Waals surface area contributed by atoms with Gasteiger partial charge in [-0.05, 0) is 100 Å². The average Bonchev–Trinajstić information content (AvgIpc) is 3.31. The summed E-state index contributed by atoms with van der Waals surface area (Å²) in [5, 5.41) is 8.92. The lowest BCUT2D eigenvalue weighted by Gasteiger charge is -2.26. The molecule has 1 atom stereocenters. The van der Waals surface area contributed by atoms with E-state index in [1.54, 1.807) is 11.5 Å². The number of benzene rings is 3. The first-order chi connectivity index (χ1) is 20.9. The van der Waals surface area contributed by atoms with Gasteiger partial charge in [0.2, 0.25) is 0 Å². The molecule has 11 heteroatoms. The molecule has 0 saturated heterocycles. The van der Waals surface area contributed by atoms with Gasteiger partial charge in [0.1, 0.15) is 17.6 Å². The lowest BCUT2D eigenvalue weighted by Crippen LogP contribution is -2.40. The number of nitriles is 1. The number of aromatic nitrogens is 1. The van der Waals surface area contributed by atoms with E-state index < -0.39 is 12.0 Å². The molecular formula is C32H25I2N3O5S. The molecule has 0 spiro atoms. The van der Waals surface area contributed by atoms with Crippen molar-refractivity contribution in [1.82, 2.24) is 4.57 Å². The average molecular weight is 817 g/mol. The number of esters is 1. The highest BCUT2D eigenvalue weighted by atomic mass is 127. The minimum Gasteiger partial charge on any atom is -0.494 e. The van der Waals surface area contributed by atoms with E-state index in [9.17, 15) is 9.59 Å². The molecule has 0 saturated carbocycles. The minimum absolute atomic E-state index is 0.0535. The van der Waals surface area contributed by atoms with E-state index in [0.29, 0.717) is 38.7 Å². The monoisotopic (exact) mass is 817 g/mol. The number of rotatable bonds is 9. The first-order valence-electron chi connectivity index (χ1n) is 13.4. The predicted octanol–water partition coefficient (Wildman–Crippen LogP) is 5.45. The smallest absolute Gasteiger partial charge is 0.338 e. The zero-order valence-corrected chi connectivity index (χ0v) is 28.3. The first-order valence-corrected chi connectivity index (χ1v) is 16.3. The summed E-state index contributed by atoms with van der Waals surface area (Å²) in [6, 6.07) is 21.9. The molecular weight excluding hydrogens is 792 g/mol. The number of hydrogen-bond acceptors (Lipinski definition) is 8. The minimum atomic E-state index is -0.773. The second-order valence-corrected chi connectivity index (χ2v) is 12.5. The van der Waals surface area contributed by atoms with Crippen molar-refractivity contribution < 1.29 is 19.0 Å². The van der Waals surface area contributed by atoms with E-state index in [1.807, 2.05) is 85.8 Å². The van der Waals surface area contributed by atoms with Crippen molar-refractivity contribution in [3.05, 3.63) is 116 Å². The third-order valence-corrected chi connectivity index (χ3v) is 9.07. The fourth-order valence-electron chi connectivity index (χ4n) is 4.73. The molecule has 1 aliphatic heterocycles. The van der Waals surface area contributed by atoms with Crippen LogP contribution in [0, 0.1) is 18.5 Å². The lowest BCUT2D eigenvalue weighted by molar-refractivity contribution is -0.138. The number of hydrogen-bond donors (Lipinski definition) is 0. The van der Waals surface area contributed by atoms with Gasteiger partial charge in [0.05, 0.1) is 42.2 Å². The molecule has 43 heavy (non-hydrogen) atoms. The summed E-state index contributed by atoms with van der Waals surface area (Å²) in [5.74, 6) is 0.786. The molecule has 4 aromatic rings. The molecule has 0 amide bonds. The Bertz CT molecular complexity index is 1900. The van der Waals surface area contributed by atoms with Crippen LogP contribution < -0.4 is 24.4 Å². The van der Waals surface area contributed by atoms with E-state index >= 15 is 0 Å². The van der Waals surface area contributed by atoms with Gasteiger partial charge in [-0.1, -0.05) is 53.8 Å². The molecule has 1 aliphatic rings. The molecule has 0 fully saturated rings. The fraction of sp³-hybridized carbons (Fsp3) is 0.188. The number of thiazole rings is 1. The first kappa shape index (κ1) is 31.0.